The van der Waals surface area contributed by atoms with Crippen molar-refractivity contribution in [2.45, 2.75) is 12.1 Å². The SMILES string of the molecule is Cc1nc(S/C(=C\c2ccccc2Cl)C(=O)[O-])n[nH]1. The Hall–Kier alpha value is -1.79. The van der Waals surface area contributed by atoms with Gasteiger partial charge in [0.15, 0.2) is 0 Å². The van der Waals surface area contributed by atoms with E-state index in [0.717, 1.165) is 11.8 Å². The lowest BCUT2D eigenvalue weighted by molar-refractivity contribution is -0.297. The van der Waals surface area contributed by atoms with Crippen LogP contribution in [0.15, 0.2) is 34.3 Å². The molecule has 0 aliphatic heterocycles. The number of hydrogen-bond acceptors (Lipinski definition) is 5. The molecule has 2 aromatic rings. The second-order valence-corrected chi connectivity index (χ2v) is 5.04. The van der Waals surface area contributed by atoms with Crippen LogP contribution in [-0.4, -0.2) is 21.2 Å². The van der Waals surface area contributed by atoms with Crippen LogP contribution in [0.2, 0.25) is 5.02 Å². The number of rotatable bonds is 4. The number of aliphatic carboxylic acids is 1. The normalized spacial score (nSPS) is 11.6. The largest absolute Gasteiger partial charge is 0.544 e. The third kappa shape index (κ3) is 3.59. The zero-order chi connectivity index (χ0) is 13.8. The minimum Gasteiger partial charge on any atom is -0.544 e. The van der Waals surface area contributed by atoms with E-state index in [2.05, 4.69) is 15.2 Å². The number of carboxylic acids is 1. The highest BCUT2D eigenvalue weighted by Crippen LogP contribution is 2.27. The molecule has 0 bridgehead atoms. The number of carbonyl (C=O) groups excluding carboxylic acids is 1. The highest BCUT2D eigenvalue weighted by atomic mass is 35.5. The summed E-state index contributed by atoms with van der Waals surface area (Å²) in [4.78, 5) is 15.1. The highest BCUT2D eigenvalue weighted by Gasteiger charge is 2.08. The fraction of sp³-hybridized carbons (Fsp3) is 0.0833. The summed E-state index contributed by atoms with van der Waals surface area (Å²) >= 11 is 6.88. The van der Waals surface area contributed by atoms with Gasteiger partial charge in [-0.25, -0.2) is 4.98 Å². The first-order valence-corrected chi connectivity index (χ1v) is 6.50. The Balaban J connectivity index is 2.30. The van der Waals surface area contributed by atoms with Crippen LogP contribution >= 0.6 is 23.4 Å². The summed E-state index contributed by atoms with van der Waals surface area (Å²) in [6.07, 6.45) is 1.44. The van der Waals surface area contributed by atoms with Crippen molar-refractivity contribution in [2.24, 2.45) is 0 Å². The molecule has 0 spiro atoms. The molecule has 7 heteroatoms. The summed E-state index contributed by atoms with van der Waals surface area (Å²) in [6.45, 7) is 1.73. The first kappa shape index (κ1) is 13.6. The van der Waals surface area contributed by atoms with Crippen LogP contribution in [0.3, 0.4) is 0 Å². The molecule has 1 aromatic heterocycles. The first-order chi connectivity index (χ1) is 9.06. The van der Waals surface area contributed by atoms with Gasteiger partial charge in [-0.15, -0.1) is 5.10 Å². The van der Waals surface area contributed by atoms with Crippen molar-refractivity contribution in [3.8, 4) is 0 Å². The lowest BCUT2D eigenvalue weighted by atomic mass is 10.2. The number of carbonyl (C=O) groups is 1. The molecule has 1 heterocycles. The molecule has 0 radical (unpaired) electrons. The van der Waals surface area contributed by atoms with Gasteiger partial charge in [-0.2, -0.15) is 0 Å². The molecule has 1 aromatic carbocycles. The minimum absolute atomic E-state index is 0.00731. The van der Waals surface area contributed by atoms with E-state index >= 15 is 0 Å². The topological polar surface area (TPSA) is 81.7 Å². The molecule has 0 unspecified atom stereocenters. The Morgan fingerprint density at radius 2 is 2.21 bits per heavy atom. The summed E-state index contributed by atoms with van der Waals surface area (Å²) in [7, 11) is 0. The summed E-state index contributed by atoms with van der Waals surface area (Å²) in [5.74, 6) is -0.690. The quantitative estimate of drug-likeness (QED) is 0.685. The number of aromatic nitrogens is 3. The van der Waals surface area contributed by atoms with E-state index in [0.29, 0.717) is 21.6 Å². The molecule has 0 atom stereocenters. The van der Waals surface area contributed by atoms with Crippen molar-refractivity contribution in [3.05, 3.63) is 45.6 Å². The van der Waals surface area contributed by atoms with E-state index < -0.39 is 5.97 Å². The molecular weight excluding hydrogens is 286 g/mol. The monoisotopic (exact) mass is 294 g/mol. The molecule has 98 valence electrons. The van der Waals surface area contributed by atoms with Gasteiger partial charge < -0.3 is 9.90 Å². The average molecular weight is 295 g/mol. The Morgan fingerprint density at radius 3 is 2.79 bits per heavy atom. The van der Waals surface area contributed by atoms with Crippen LogP contribution in [0.4, 0.5) is 0 Å². The van der Waals surface area contributed by atoms with Gasteiger partial charge in [-0.1, -0.05) is 29.8 Å². The van der Waals surface area contributed by atoms with Crippen LogP contribution in [0.1, 0.15) is 11.4 Å². The van der Waals surface area contributed by atoms with Gasteiger partial charge in [-0.05, 0) is 36.4 Å². The predicted octanol–water partition coefficient (Wildman–Crippen LogP) is 1.65. The molecule has 0 aliphatic rings. The first-order valence-electron chi connectivity index (χ1n) is 5.30. The second kappa shape index (κ2) is 5.90. The molecule has 2 rings (SSSR count). The number of halogens is 1. The van der Waals surface area contributed by atoms with Gasteiger partial charge in [0.05, 0.1) is 5.97 Å². The lowest BCUT2D eigenvalue weighted by Gasteiger charge is -2.06. The fourth-order valence-electron chi connectivity index (χ4n) is 1.33. The summed E-state index contributed by atoms with van der Waals surface area (Å²) < 4.78 is 0. The number of aryl methyl sites for hydroxylation is 1. The minimum atomic E-state index is -1.30. The van der Waals surface area contributed by atoms with E-state index in [1.165, 1.54) is 6.08 Å². The number of aromatic amines is 1. The molecule has 0 saturated heterocycles. The Labute approximate surface area is 118 Å². The molecule has 0 saturated carbocycles. The lowest BCUT2D eigenvalue weighted by Crippen LogP contribution is -2.23. The van der Waals surface area contributed by atoms with Crippen molar-refractivity contribution < 1.29 is 9.90 Å². The van der Waals surface area contributed by atoms with Crippen molar-refractivity contribution in [3.63, 3.8) is 0 Å². The van der Waals surface area contributed by atoms with Gasteiger partial charge in [-0.3, -0.25) is 5.10 Å². The van der Waals surface area contributed by atoms with Crippen LogP contribution in [0.25, 0.3) is 6.08 Å². The smallest absolute Gasteiger partial charge is 0.213 e. The summed E-state index contributed by atoms with van der Waals surface area (Å²) in [5.41, 5.74) is 0.600. The number of benzene rings is 1. The van der Waals surface area contributed by atoms with Crippen LogP contribution in [-0.2, 0) is 4.79 Å². The molecule has 0 amide bonds. The Morgan fingerprint density at radius 1 is 1.47 bits per heavy atom. The number of nitrogens with one attached hydrogen (secondary N) is 1. The number of H-pyrrole nitrogens is 1. The molecule has 1 N–H and O–H groups in total. The average Bonchev–Trinajstić information content (AvgIpc) is 2.76. The van der Waals surface area contributed by atoms with Crippen LogP contribution < -0.4 is 5.11 Å². The molecule has 0 aliphatic carbocycles. The van der Waals surface area contributed by atoms with Gasteiger partial charge in [0.2, 0.25) is 5.16 Å². The van der Waals surface area contributed by atoms with Crippen molar-refractivity contribution in [1.29, 1.82) is 0 Å². The highest BCUT2D eigenvalue weighted by molar-refractivity contribution is 8.04. The van der Waals surface area contributed by atoms with Gasteiger partial charge in [0.1, 0.15) is 5.82 Å². The Bertz CT molecular complexity index is 639. The van der Waals surface area contributed by atoms with Crippen LogP contribution in [0.5, 0.6) is 0 Å². The van der Waals surface area contributed by atoms with Gasteiger partial charge in [0.25, 0.3) is 0 Å². The maximum Gasteiger partial charge on any atom is 0.213 e. The maximum absolute atomic E-state index is 11.1. The van der Waals surface area contributed by atoms with E-state index in [1.807, 2.05) is 0 Å². The number of carboxylic acid groups (broad SMARTS) is 1. The molecule has 5 nitrogen and oxygen atoms in total. The summed E-state index contributed by atoms with van der Waals surface area (Å²) in [6, 6.07) is 6.94. The second-order valence-electron chi connectivity index (χ2n) is 3.62. The Kier molecular flexibility index (Phi) is 4.24. The number of thioether (sulfide) groups is 1. The zero-order valence-corrected chi connectivity index (χ0v) is 11.5. The van der Waals surface area contributed by atoms with Crippen molar-refractivity contribution >= 4 is 35.4 Å². The standard InChI is InChI=1S/C12H10ClN3O2S/c1-7-14-12(16-15-7)19-10(11(17)18)6-8-4-2-3-5-9(8)13/h2-6H,1H3,(H,17,18)(H,14,15,16)/p-1/b10-6-. The van der Waals surface area contributed by atoms with Crippen LogP contribution in [0, 0.1) is 6.92 Å². The zero-order valence-electron chi connectivity index (χ0n) is 9.88. The van der Waals surface area contributed by atoms with Crippen molar-refractivity contribution in [1.82, 2.24) is 15.2 Å². The van der Waals surface area contributed by atoms with Gasteiger partial charge >= 0.3 is 0 Å². The molecule has 19 heavy (non-hydrogen) atoms. The molecular formula is C12H9ClN3O2S-. The predicted molar refractivity (Wildman–Crippen MR) is 71.4 cm³/mol. The number of hydrogen-bond donors (Lipinski definition) is 1. The third-order valence-corrected chi connectivity index (χ3v) is 3.38. The fourth-order valence-corrected chi connectivity index (χ4v) is 2.26. The van der Waals surface area contributed by atoms with Crippen molar-refractivity contribution in [2.75, 3.05) is 0 Å². The molecule has 0 fully saturated rings. The van der Waals surface area contributed by atoms with Gasteiger partial charge in [0, 0.05) is 9.93 Å². The number of nitrogens with zero attached hydrogens (tertiary/aromatic N) is 2. The maximum atomic E-state index is 11.1. The van der Waals surface area contributed by atoms with E-state index in [4.69, 9.17) is 11.6 Å². The summed E-state index contributed by atoms with van der Waals surface area (Å²) in [5, 5.41) is 18.4. The van der Waals surface area contributed by atoms with E-state index in [9.17, 15) is 9.90 Å². The van der Waals surface area contributed by atoms with E-state index in [-0.39, 0.29) is 4.91 Å². The third-order valence-electron chi connectivity index (χ3n) is 2.17. The van der Waals surface area contributed by atoms with E-state index in [1.54, 1.807) is 31.2 Å².